The topological polar surface area (TPSA) is 66.4 Å². The maximum atomic E-state index is 12.5. The molecule has 1 aromatic rings. The fraction of sp³-hybridized carbons (Fsp3) is 0.579. The fourth-order valence-corrected chi connectivity index (χ4v) is 4.29. The average Bonchev–Trinajstić information content (AvgIpc) is 2.99. The van der Waals surface area contributed by atoms with Gasteiger partial charge in [-0.3, -0.25) is 4.79 Å². The molecule has 3 atom stereocenters. The highest BCUT2D eigenvalue weighted by Gasteiger charge is 2.39. The van der Waals surface area contributed by atoms with Gasteiger partial charge in [-0.1, -0.05) is 56.0 Å². The number of carbonyl (C=O) groups is 2. The van der Waals surface area contributed by atoms with Crippen LogP contribution >= 0.6 is 0 Å². The second kappa shape index (κ2) is 7.16. The van der Waals surface area contributed by atoms with Crippen molar-refractivity contribution in [1.82, 2.24) is 5.32 Å². The van der Waals surface area contributed by atoms with E-state index in [0.717, 1.165) is 18.4 Å². The molecule has 2 saturated carbocycles. The molecule has 2 aliphatic rings. The van der Waals surface area contributed by atoms with Gasteiger partial charge < -0.3 is 10.4 Å². The summed E-state index contributed by atoms with van der Waals surface area (Å²) in [7, 11) is 0. The molecule has 3 rings (SSSR count). The molecule has 0 aromatic heterocycles. The molecule has 0 radical (unpaired) electrons. The molecule has 4 nitrogen and oxygen atoms in total. The van der Waals surface area contributed by atoms with Crippen LogP contribution in [-0.2, 0) is 16.0 Å². The molecule has 0 saturated heterocycles. The third-order valence-corrected chi connectivity index (χ3v) is 5.51. The Balaban J connectivity index is 1.59. The summed E-state index contributed by atoms with van der Waals surface area (Å²) in [5.41, 5.74) is 0.931. The van der Waals surface area contributed by atoms with Gasteiger partial charge in [0.2, 0.25) is 5.91 Å². The number of benzene rings is 1. The van der Waals surface area contributed by atoms with Gasteiger partial charge in [-0.25, -0.2) is 4.79 Å². The summed E-state index contributed by atoms with van der Waals surface area (Å²) >= 11 is 0. The summed E-state index contributed by atoms with van der Waals surface area (Å²) in [5.74, 6) is 0.329. The lowest BCUT2D eigenvalue weighted by Gasteiger charge is -2.24. The largest absolute Gasteiger partial charge is 0.480 e. The maximum Gasteiger partial charge on any atom is 0.326 e. The fourth-order valence-electron chi connectivity index (χ4n) is 4.29. The summed E-state index contributed by atoms with van der Waals surface area (Å²) in [5, 5.41) is 12.2. The van der Waals surface area contributed by atoms with Gasteiger partial charge in [0.1, 0.15) is 6.04 Å². The molecule has 0 bridgehead atoms. The van der Waals surface area contributed by atoms with Gasteiger partial charge in [0.25, 0.3) is 0 Å². The van der Waals surface area contributed by atoms with E-state index in [2.05, 4.69) is 5.32 Å². The SMILES string of the molecule is O=C(NC(Cc1ccccc1)C(=O)O)C1CC2CCCCC2C1. The maximum absolute atomic E-state index is 12.5. The number of aliphatic carboxylic acids is 1. The van der Waals surface area contributed by atoms with Gasteiger partial charge in [-0.15, -0.1) is 0 Å². The number of rotatable bonds is 5. The first kappa shape index (κ1) is 16.0. The van der Waals surface area contributed by atoms with Crippen LogP contribution in [0.3, 0.4) is 0 Å². The van der Waals surface area contributed by atoms with E-state index < -0.39 is 12.0 Å². The van der Waals surface area contributed by atoms with Gasteiger partial charge in [0.05, 0.1) is 0 Å². The average molecular weight is 315 g/mol. The van der Waals surface area contributed by atoms with Crippen LogP contribution in [0.4, 0.5) is 0 Å². The number of hydrogen-bond acceptors (Lipinski definition) is 2. The molecule has 1 amide bonds. The van der Waals surface area contributed by atoms with Crippen molar-refractivity contribution in [3.05, 3.63) is 35.9 Å². The molecule has 2 fully saturated rings. The quantitative estimate of drug-likeness (QED) is 0.878. The first-order valence-corrected chi connectivity index (χ1v) is 8.70. The van der Waals surface area contributed by atoms with Crippen LogP contribution < -0.4 is 5.32 Å². The van der Waals surface area contributed by atoms with Crippen LogP contribution in [0.15, 0.2) is 30.3 Å². The Hall–Kier alpha value is -1.84. The van der Waals surface area contributed by atoms with Crippen LogP contribution in [0.25, 0.3) is 0 Å². The Morgan fingerprint density at radius 1 is 1.09 bits per heavy atom. The van der Waals surface area contributed by atoms with Crippen molar-refractivity contribution in [1.29, 1.82) is 0 Å². The monoisotopic (exact) mass is 315 g/mol. The number of hydrogen-bond donors (Lipinski definition) is 2. The Labute approximate surface area is 137 Å². The van der Waals surface area contributed by atoms with E-state index in [4.69, 9.17) is 0 Å². The Morgan fingerprint density at radius 3 is 2.26 bits per heavy atom. The minimum Gasteiger partial charge on any atom is -0.480 e. The van der Waals surface area contributed by atoms with Crippen LogP contribution in [0.1, 0.15) is 44.1 Å². The van der Waals surface area contributed by atoms with Crippen molar-refractivity contribution in [3.8, 4) is 0 Å². The molecule has 23 heavy (non-hydrogen) atoms. The molecular formula is C19H25NO3. The summed E-state index contributed by atoms with van der Waals surface area (Å²) in [6.45, 7) is 0. The third-order valence-electron chi connectivity index (χ3n) is 5.51. The molecule has 0 aliphatic heterocycles. The van der Waals surface area contributed by atoms with E-state index in [1.807, 2.05) is 30.3 Å². The van der Waals surface area contributed by atoms with Crippen molar-refractivity contribution in [2.45, 2.75) is 51.0 Å². The van der Waals surface area contributed by atoms with Crippen molar-refractivity contribution in [2.24, 2.45) is 17.8 Å². The highest BCUT2D eigenvalue weighted by molar-refractivity contribution is 5.85. The minimum atomic E-state index is -0.961. The lowest BCUT2D eigenvalue weighted by Crippen LogP contribution is -2.44. The summed E-state index contributed by atoms with van der Waals surface area (Å²) in [4.78, 5) is 24.0. The van der Waals surface area contributed by atoms with Gasteiger partial charge >= 0.3 is 5.97 Å². The van der Waals surface area contributed by atoms with Gasteiger partial charge in [0.15, 0.2) is 0 Å². The number of carbonyl (C=O) groups excluding carboxylic acids is 1. The smallest absolute Gasteiger partial charge is 0.326 e. The molecule has 0 spiro atoms. The van der Waals surface area contributed by atoms with Crippen molar-refractivity contribution in [3.63, 3.8) is 0 Å². The summed E-state index contributed by atoms with van der Waals surface area (Å²) in [6, 6.07) is 8.62. The van der Waals surface area contributed by atoms with Crippen LogP contribution in [0, 0.1) is 17.8 Å². The van der Waals surface area contributed by atoms with Gasteiger partial charge in [-0.05, 0) is 30.2 Å². The lowest BCUT2D eigenvalue weighted by atomic mass is 9.82. The first-order chi connectivity index (χ1) is 11.1. The zero-order valence-electron chi connectivity index (χ0n) is 13.4. The molecule has 1 aromatic carbocycles. The number of carboxylic acid groups (broad SMARTS) is 1. The number of nitrogens with one attached hydrogen (secondary N) is 1. The van der Waals surface area contributed by atoms with Crippen molar-refractivity contribution >= 4 is 11.9 Å². The number of amides is 1. The van der Waals surface area contributed by atoms with Crippen LogP contribution in [0.2, 0.25) is 0 Å². The normalized spacial score (nSPS) is 27.9. The highest BCUT2D eigenvalue weighted by atomic mass is 16.4. The first-order valence-electron chi connectivity index (χ1n) is 8.70. The number of fused-ring (bicyclic) bond motifs is 1. The van der Waals surface area contributed by atoms with E-state index >= 15 is 0 Å². The molecular weight excluding hydrogens is 290 g/mol. The summed E-state index contributed by atoms with van der Waals surface area (Å²) in [6.07, 6.45) is 7.24. The van der Waals surface area contributed by atoms with Gasteiger partial charge in [-0.2, -0.15) is 0 Å². The zero-order chi connectivity index (χ0) is 16.2. The lowest BCUT2D eigenvalue weighted by molar-refractivity contribution is -0.142. The molecule has 4 heteroatoms. The molecule has 2 N–H and O–H groups in total. The minimum absolute atomic E-state index is 0.000670. The van der Waals surface area contributed by atoms with E-state index in [1.165, 1.54) is 25.7 Å². The Bertz CT molecular complexity index is 543. The Morgan fingerprint density at radius 2 is 1.70 bits per heavy atom. The predicted octanol–water partition coefficient (Wildman–Crippen LogP) is 3.01. The second-order valence-corrected chi connectivity index (χ2v) is 7.06. The Kier molecular flexibility index (Phi) is 4.99. The standard InChI is InChI=1S/C19H25NO3/c21-18(16-11-14-8-4-5-9-15(14)12-16)20-17(19(22)23)10-13-6-2-1-3-7-13/h1-3,6-7,14-17H,4-5,8-12H2,(H,20,21)(H,22,23). The van der Waals surface area contributed by atoms with Gasteiger partial charge in [0, 0.05) is 12.3 Å². The highest BCUT2D eigenvalue weighted by Crippen LogP contribution is 2.45. The van der Waals surface area contributed by atoms with E-state index in [9.17, 15) is 14.7 Å². The molecule has 2 aliphatic carbocycles. The third kappa shape index (κ3) is 3.92. The van der Waals surface area contributed by atoms with E-state index in [1.54, 1.807) is 0 Å². The summed E-state index contributed by atoms with van der Waals surface area (Å²) < 4.78 is 0. The van der Waals surface area contributed by atoms with Crippen LogP contribution in [-0.4, -0.2) is 23.0 Å². The van der Waals surface area contributed by atoms with Crippen molar-refractivity contribution < 1.29 is 14.7 Å². The zero-order valence-corrected chi connectivity index (χ0v) is 13.4. The molecule has 3 unspecified atom stereocenters. The van der Waals surface area contributed by atoms with Crippen molar-refractivity contribution in [2.75, 3.05) is 0 Å². The van der Waals surface area contributed by atoms with E-state index in [-0.39, 0.29) is 11.8 Å². The van der Waals surface area contributed by atoms with E-state index in [0.29, 0.717) is 18.3 Å². The number of carboxylic acids is 1. The molecule has 0 heterocycles. The second-order valence-electron chi connectivity index (χ2n) is 7.06. The van der Waals surface area contributed by atoms with Crippen LogP contribution in [0.5, 0.6) is 0 Å². The molecule has 124 valence electrons. The predicted molar refractivity (Wildman–Crippen MR) is 87.9 cm³/mol.